The van der Waals surface area contributed by atoms with E-state index >= 15 is 0 Å². The van der Waals surface area contributed by atoms with Crippen LogP contribution in [0.15, 0.2) is 95.0 Å². The third-order valence-electron chi connectivity index (χ3n) is 4.64. The van der Waals surface area contributed by atoms with Gasteiger partial charge in [-0.15, -0.1) is 10.2 Å². The molecule has 0 aliphatic heterocycles. The average molecular weight is 454 g/mol. The van der Waals surface area contributed by atoms with Gasteiger partial charge < -0.3 is 0 Å². The maximum atomic E-state index is 13.4. The van der Waals surface area contributed by atoms with Gasteiger partial charge in [0, 0.05) is 17.0 Å². The Morgan fingerprint density at radius 2 is 1.48 bits per heavy atom. The van der Waals surface area contributed by atoms with Crippen molar-refractivity contribution >= 4 is 21.6 Å². The fourth-order valence-corrected chi connectivity index (χ4v) is 5.52. The van der Waals surface area contributed by atoms with Crippen molar-refractivity contribution in [3.05, 3.63) is 90.7 Å². The van der Waals surface area contributed by atoms with Crippen molar-refractivity contribution in [3.63, 3.8) is 0 Å². The van der Waals surface area contributed by atoms with Crippen LogP contribution in [-0.2, 0) is 9.84 Å². The molecule has 0 aliphatic rings. The van der Waals surface area contributed by atoms with E-state index in [1.54, 1.807) is 42.5 Å². The Kier molecular flexibility index (Phi) is 6.48. The van der Waals surface area contributed by atoms with E-state index in [2.05, 4.69) is 10.2 Å². The summed E-state index contributed by atoms with van der Waals surface area (Å²) < 4.78 is 40.2. The van der Waals surface area contributed by atoms with E-state index in [1.165, 1.54) is 23.9 Å². The van der Waals surface area contributed by atoms with Crippen molar-refractivity contribution in [2.75, 3.05) is 11.5 Å². The molecule has 0 N–H and O–H groups in total. The van der Waals surface area contributed by atoms with Gasteiger partial charge in [0.2, 0.25) is 0 Å². The lowest BCUT2D eigenvalue weighted by molar-refractivity contribution is 0.595. The first-order valence-electron chi connectivity index (χ1n) is 9.72. The molecule has 0 atom stereocenters. The van der Waals surface area contributed by atoms with E-state index in [0.717, 1.165) is 11.3 Å². The highest BCUT2D eigenvalue weighted by atomic mass is 32.2. The molecule has 1 aromatic heterocycles. The second-order valence-electron chi connectivity index (χ2n) is 6.82. The lowest BCUT2D eigenvalue weighted by atomic mass is 10.2. The minimum absolute atomic E-state index is 0.0638. The van der Waals surface area contributed by atoms with E-state index in [1.807, 2.05) is 34.9 Å². The monoisotopic (exact) mass is 453 g/mol. The van der Waals surface area contributed by atoms with Crippen LogP contribution in [0.3, 0.4) is 0 Å². The number of nitrogens with zero attached hydrogens (tertiary/aromatic N) is 3. The van der Waals surface area contributed by atoms with Crippen LogP contribution in [0.25, 0.3) is 17.1 Å². The summed E-state index contributed by atoms with van der Waals surface area (Å²) >= 11 is 1.45. The van der Waals surface area contributed by atoms with Gasteiger partial charge in [0.25, 0.3) is 0 Å². The summed E-state index contributed by atoms with van der Waals surface area (Å²) in [7, 11) is -3.31. The molecule has 4 aromatic rings. The maximum Gasteiger partial charge on any atom is 0.196 e. The van der Waals surface area contributed by atoms with Crippen LogP contribution >= 0.6 is 11.8 Å². The van der Waals surface area contributed by atoms with Gasteiger partial charge in [-0.1, -0.05) is 48.2 Å². The van der Waals surface area contributed by atoms with Gasteiger partial charge in [0.05, 0.1) is 10.6 Å². The maximum absolute atomic E-state index is 13.4. The van der Waals surface area contributed by atoms with Crippen molar-refractivity contribution in [1.29, 1.82) is 0 Å². The second-order valence-corrected chi connectivity index (χ2v) is 9.99. The Morgan fingerprint density at radius 1 is 0.839 bits per heavy atom. The van der Waals surface area contributed by atoms with Gasteiger partial charge in [-0.2, -0.15) is 0 Å². The molecule has 0 spiro atoms. The molecule has 1 heterocycles. The Balaban J connectivity index is 1.53. The van der Waals surface area contributed by atoms with Crippen molar-refractivity contribution in [2.24, 2.45) is 0 Å². The fourth-order valence-electron chi connectivity index (χ4n) is 3.12. The van der Waals surface area contributed by atoms with Gasteiger partial charge in [-0.3, -0.25) is 4.57 Å². The summed E-state index contributed by atoms with van der Waals surface area (Å²) in [6, 6.07) is 24.2. The molecule has 0 radical (unpaired) electrons. The van der Waals surface area contributed by atoms with Crippen LogP contribution in [0, 0.1) is 5.82 Å². The largest absolute Gasteiger partial charge is 0.270 e. The van der Waals surface area contributed by atoms with Gasteiger partial charge in [0.1, 0.15) is 5.82 Å². The highest BCUT2D eigenvalue weighted by Gasteiger charge is 2.17. The lowest BCUT2D eigenvalue weighted by Gasteiger charge is -2.10. The first-order valence-corrected chi connectivity index (χ1v) is 12.4. The molecule has 0 unspecified atom stereocenters. The highest BCUT2D eigenvalue weighted by Crippen LogP contribution is 2.28. The highest BCUT2D eigenvalue weighted by molar-refractivity contribution is 7.99. The number of rotatable bonds is 8. The minimum atomic E-state index is -3.31. The van der Waals surface area contributed by atoms with Crippen LogP contribution in [-0.4, -0.2) is 34.7 Å². The molecule has 0 bridgehead atoms. The van der Waals surface area contributed by atoms with Crippen molar-refractivity contribution in [1.82, 2.24) is 14.8 Å². The fraction of sp³-hybridized carbons (Fsp3) is 0.130. The normalized spacial score (nSPS) is 11.5. The van der Waals surface area contributed by atoms with Crippen molar-refractivity contribution in [2.45, 2.75) is 16.5 Å². The minimum Gasteiger partial charge on any atom is -0.270 e. The van der Waals surface area contributed by atoms with E-state index in [-0.39, 0.29) is 11.6 Å². The zero-order valence-corrected chi connectivity index (χ0v) is 18.2. The van der Waals surface area contributed by atoms with Crippen LogP contribution in [0.4, 0.5) is 4.39 Å². The molecule has 0 saturated carbocycles. The first-order chi connectivity index (χ1) is 15.0. The number of hydrogen-bond acceptors (Lipinski definition) is 5. The number of thioether (sulfide) groups is 1. The molecule has 3 aromatic carbocycles. The third-order valence-corrected chi connectivity index (χ3v) is 7.47. The molecule has 8 heteroatoms. The van der Waals surface area contributed by atoms with E-state index in [9.17, 15) is 12.8 Å². The zero-order valence-electron chi connectivity index (χ0n) is 16.6. The predicted molar refractivity (Wildman–Crippen MR) is 121 cm³/mol. The molecule has 31 heavy (non-hydrogen) atoms. The number of para-hydroxylation sites is 1. The predicted octanol–water partition coefficient (Wildman–Crippen LogP) is 5.03. The van der Waals surface area contributed by atoms with Crippen LogP contribution < -0.4 is 0 Å². The summed E-state index contributed by atoms with van der Waals surface area (Å²) in [6.45, 7) is 0. The molecular formula is C23H20FN3O2S2. The number of halogens is 1. The average Bonchev–Trinajstić information content (AvgIpc) is 3.22. The molecule has 0 saturated heterocycles. The number of benzene rings is 3. The van der Waals surface area contributed by atoms with Gasteiger partial charge >= 0.3 is 0 Å². The Morgan fingerprint density at radius 3 is 2.16 bits per heavy atom. The summed E-state index contributed by atoms with van der Waals surface area (Å²) in [4.78, 5) is 0.339. The van der Waals surface area contributed by atoms with Crippen molar-refractivity contribution < 1.29 is 12.8 Å². The van der Waals surface area contributed by atoms with E-state index < -0.39 is 9.84 Å². The quantitative estimate of drug-likeness (QED) is 0.277. The Bertz CT molecular complexity index is 1240. The standard InChI is InChI=1S/C23H20FN3O2S2/c24-19-14-12-18(13-15-19)22-25-26-23(27(22)20-8-3-1-4-9-20)30-16-7-17-31(28,29)21-10-5-2-6-11-21/h1-6,8-15H,7,16-17H2. The third kappa shape index (κ3) is 5.03. The molecule has 4 rings (SSSR count). The number of hydrogen-bond donors (Lipinski definition) is 0. The SMILES string of the molecule is O=S(=O)(CCCSc1nnc(-c2ccc(F)cc2)n1-c1ccccc1)c1ccccc1. The summed E-state index contributed by atoms with van der Waals surface area (Å²) in [6.07, 6.45) is 0.482. The summed E-state index contributed by atoms with van der Waals surface area (Å²) in [5.74, 6) is 0.920. The van der Waals surface area contributed by atoms with Gasteiger partial charge in [-0.05, 0) is 55.0 Å². The van der Waals surface area contributed by atoms with Crippen molar-refractivity contribution in [3.8, 4) is 17.1 Å². The molecule has 5 nitrogen and oxygen atoms in total. The molecule has 0 aliphatic carbocycles. The number of sulfone groups is 1. The lowest BCUT2D eigenvalue weighted by Crippen LogP contribution is -2.07. The molecular weight excluding hydrogens is 433 g/mol. The van der Waals surface area contributed by atoms with Gasteiger partial charge in [-0.25, -0.2) is 12.8 Å². The zero-order chi connectivity index (χ0) is 21.7. The molecule has 0 fully saturated rings. The summed E-state index contributed by atoms with van der Waals surface area (Å²) in [5.41, 5.74) is 1.63. The number of aromatic nitrogens is 3. The Hall–Kier alpha value is -2.97. The Labute approximate surface area is 184 Å². The molecule has 158 valence electrons. The van der Waals surface area contributed by atoms with E-state index in [4.69, 9.17) is 0 Å². The van der Waals surface area contributed by atoms with Crippen LogP contribution in [0.5, 0.6) is 0 Å². The smallest absolute Gasteiger partial charge is 0.196 e. The topological polar surface area (TPSA) is 64.8 Å². The van der Waals surface area contributed by atoms with Crippen LogP contribution in [0.1, 0.15) is 6.42 Å². The second kappa shape index (κ2) is 9.45. The molecule has 0 amide bonds. The first kappa shape index (κ1) is 21.3. The van der Waals surface area contributed by atoms with Crippen LogP contribution in [0.2, 0.25) is 0 Å². The summed E-state index contributed by atoms with van der Waals surface area (Å²) in [5, 5.41) is 9.29. The van der Waals surface area contributed by atoms with Gasteiger partial charge in [0.15, 0.2) is 20.8 Å². The van der Waals surface area contributed by atoms with E-state index in [0.29, 0.717) is 28.0 Å².